The predicted molar refractivity (Wildman–Crippen MR) is 75.7 cm³/mol. The van der Waals surface area contributed by atoms with Crippen molar-refractivity contribution in [2.45, 2.75) is 26.3 Å². The van der Waals surface area contributed by atoms with E-state index in [2.05, 4.69) is 15.5 Å². The second-order valence-electron chi connectivity index (χ2n) is 4.25. The van der Waals surface area contributed by atoms with Gasteiger partial charge in [-0.3, -0.25) is 0 Å². The van der Waals surface area contributed by atoms with Crippen LogP contribution >= 0.6 is 23.2 Å². The van der Waals surface area contributed by atoms with Crippen molar-refractivity contribution in [2.24, 2.45) is 0 Å². The Balaban J connectivity index is 2.09. The minimum Gasteiger partial charge on any atom is -0.338 e. The third-order valence-corrected chi connectivity index (χ3v) is 3.45. The summed E-state index contributed by atoms with van der Waals surface area (Å²) in [6.45, 7) is 4.87. The van der Waals surface area contributed by atoms with Gasteiger partial charge >= 0.3 is 0 Å². The molecule has 0 saturated carbocycles. The highest BCUT2D eigenvalue weighted by Gasteiger charge is 2.13. The van der Waals surface area contributed by atoms with Gasteiger partial charge in [-0.05, 0) is 31.2 Å². The molecule has 1 heterocycles. The van der Waals surface area contributed by atoms with Crippen molar-refractivity contribution in [1.29, 1.82) is 0 Å². The molecule has 1 atom stereocenters. The van der Waals surface area contributed by atoms with E-state index in [-0.39, 0.29) is 6.04 Å². The molecule has 1 unspecified atom stereocenters. The van der Waals surface area contributed by atoms with Crippen LogP contribution in [0.5, 0.6) is 0 Å². The molecule has 1 aromatic carbocycles. The third kappa shape index (κ3) is 3.69. The van der Waals surface area contributed by atoms with Crippen molar-refractivity contribution >= 4 is 23.2 Å². The fourth-order valence-electron chi connectivity index (χ4n) is 1.74. The minimum atomic E-state index is 0.0556. The molecule has 6 heteroatoms. The van der Waals surface area contributed by atoms with E-state index in [4.69, 9.17) is 27.7 Å². The smallest absolute Gasteiger partial charge is 0.243 e. The first kappa shape index (κ1) is 14.3. The highest BCUT2D eigenvalue weighted by molar-refractivity contribution is 6.42. The molecule has 0 bridgehead atoms. The molecule has 0 spiro atoms. The summed E-state index contributed by atoms with van der Waals surface area (Å²) in [7, 11) is 0. The van der Waals surface area contributed by atoms with Gasteiger partial charge in [-0.15, -0.1) is 0 Å². The molecule has 0 aliphatic heterocycles. The lowest BCUT2D eigenvalue weighted by atomic mass is 10.1. The van der Waals surface area contributed by atoms with Gasteiger partial charge in [-0.25, -0.2) is 0 Å². The van der Waals surface area contributed by atoms with Crippen LogP contribution in [0.2, 0.25) is 10.0 Å². The van der Waals surface area contributed by atoms with E-state index < -0.39 is 0 Å². The number of nitrogens with one attached hydrogen (secondary N) is 1. The maximum atomic E-state index is 5.97. The summed E-state index contributed by atoms with van der Waals surface area (Å²) in [4.78, 5) is 4.36. The lowest BCUT2D eigenvalue weighted by molar-refractivity contribution is 0.339. The molecule has 0 radical (unpaired) electrons. The fourth-order valence-corrected chi connectivity index (χ4v) is 2.06. The zero-order valence-electron chi connectivity index (χ0n) is 10.8. The zero-order valence-corrected chi connectivity index (χ0v) is 12.3. The largest absolute Gasteiger partial charge is 0.338 e. The van der Waals surface area contributed by atoms with Crippen molar-refractivity contribution < 1.29 is 4.52 Å². The number of hydrogen-bond acceptors (Lipinski definition) is 4. The molecule has 0 amide bonds. The summed E-state index contributed by atoms with van der Waals surface area (Å²) in [6, 6.07) is 5.53. The standard InChI is InChI=1S/C13H15Cl2N3O/c1-3-16-8(2)13-17-12(18-19-13)7-9-4-5-10(14)11(15)6-9/h4-6,8,16H,3,7H2,1-2H3. The first-order chi connectivity index (χ1) is 9.10. The maximum Gasteiger partial charge on any atom is 0.243 e. The van der Waals surface area contributed by atoms with E-state index in [1.54, 1.807) is 6.07 Å². The monoisotopic (exact) mass is 299 g/mol. The van der Waals surface area contributed by atoms with Gasteiger partial charge in [-0.1, -0.05) is 41.3 Å². The Labute approximate surface area is 122 Å². The highest BCUT2D eigenvalue weighted by Crippen LogP contribution is 2.23. The summed E-state index contributed by atoms with van der Waals surface area (Å²) in [5, 5.41) is 8.26. The topological polar surface area (TPSA) is 51.0 Å². The molecule has 0 fully saturated rings. The second-order valence-corrected chi connectivity index (χ2v) is 5.07. The third-order valence-electron chi connectivity index (χ3n) is 2.71. The minimum absolute atomic E-state index is 0.0556. The SMILES string of the molecule is CCNC(C)c1nc(Cc2ccc(Cl)c(Cl)c2)no1. The second kappa shape index (κ2) is 6.37. The molecule has 19 heavy (non-hydrogen) atoms. The van der Waals surface area contributed by atoms with Gasteiger partial charge in [0.25, 0.3) is 0 Å². The number of nitrogens with zero attached hydrogens (tertiary/aromatic N) is 2. The van der Waals surface area contributed by atoms with Gasteiger partial charge in [-0.2, -0.15) is 4.98 Å². The van der Waals surface area contributed by atoms with Crippen LogP contribution in [0.15, 0.2) is 22.7 Å². The van der Waals surface area contributed by atoms with Gasteiger partial charge < -0.3 is 9.84 Å². The normalized spacial score (nSPS) is 12.6. The van der Waals surface area contributed by atoms with Gasteiger partial charge in [0.2, 0.25) is 5.89 Å². The zero-order chi connectivity index (χ0) is 13.8. The van der Waals surface area contributed by atoms with Gasteiger partial charge in [0.05, 0.1) is 16.1 Å². The Morgan fingerprint density at radius 3 is 2.79 bits per heavy atom. The van der Waals surface area contributed by atoms with E-state index >= 15 is 0 Å². The summed E-state index contributed by atoms with van der Waals surface area (Å²) in [6.07, 6.45) is 0.569. The molecule has 0 aliphatic carbocycles. The van der Waals surface area contributed by atoms with Crippen molar-refractivity contribution in [2.75, 3.05) is 6.54 Å². The molecule has 1 aromatic heterocycles. The average molecular weight is 300 g/mol. The van der Waals surface area contributed by atoms with Crippen LogP contribution in [0.25, 0.3) is 0 Å². The van der Waals surface area contributed by atoms with E-state index in [1.807, 2.05) is 26.0 Å². The summed E-state index contributed by atoms with van der Waals surface area (Å²) in [5.41, 5.74) is 0.998. The molecule has 0 saturated heterocycles. The Morgan fingerprint density at radius 2 is 2.11 bits per heavy atom. The molecule has 2 rings (SSSR count). The number of hydrogen-bond donors (Lipinski definition) is 1. The molecule has 0 aliphatic rings. The molecule has 2 aromatic rings. The Bertz CT molecular complexity index is 557. The van der Waals surface area contributed by atoms with Crippen LogP contribution in [0.3, 0.4) is 0 Å². The van der Waals surface area contributed by atoms with E-state index in [9.17, 15) is 0 Å². The average Bonchev–Trinajstić information content (AvgIpc) is 2.83. The quantitative estimate of drug-likeness (QED) is 0.916. The summed E-state index contributed by atoms with van der Waals surface area (Å²) < 4.78 is 5.22. The Kier molecular flexibility index (Phi) is 4.80. The summed E-state index contributed by atoms with van der Waals surface area (Å²) >= 11 is 11.8. The number of aromatic nitrogens is 2. The van der Waals surface area contributed by atoms with Crippen molar-refractivity contribution in [3.8, 4) is 0 Å². The molecular weight excluding hydrogens is 285 g/mol. The van der Waals surface area contributed by atoms with Gasteiger partial charge in [0.1, 0.15) is 0 Å². The van der Waals surface area contributed by atoms with Crippen molar-refractivity contribution in [1.82, 2.24) is 15.5 Å². The molecule has 102 valence electrons. The van der Waals surface area contributed by atoms with Crippen LogP contribution in [-0.2, 0) is 6.42 Å². The van der Waals surface area contributed by atoms with Crippen molar-refractivity contribution in [3.63, 3.8) is 0 Å². The predicted octanol–water partition coefficient (Wildman–Crippen LogP) is 3.64. The first-order valence-electron chi connectivity index (χ1n) is 6.10. The first-order valence-corrected chi connectivity index (χ1v) is 6.85. The highest BCUT2D eigenvalue weighted by atomic mass is 35.5. The Hall–Kier alpha value is -1.10. The fraction of sp³-hybridized carbons (Fsp3) is 0.385. The van der Waals surface area contributed by atoms with E-state index in [1.165, 1.54) is 0 Å². The van der Waals surface area contributed by atoms with Crippen LogP contribution in [0.4, 0.5) is 0 Å². The van der Waals surface area contributed by atoms with Crippen LogP contribution in [0.1, 0.15) is 37.2 Å². The van der Waals surface area contributed by atoms with Crippen LogP contribution in [0, 0.1) is 0 Å². The molecule has 1 N–H and O–H groups in total. The Morgan fingerprint density at radius 1 is 1.32 bits per heavy atom. The van der Waals surface area contributed by atoms with E-state index in [0.717, 1.165) is 12.1 Å². The van der Waals surface area contributed by atoms with Crippen LogP contribution < -0.4 is 5.32 Å². The number of halogens is 2. The van der Waals surface area contributed by atoms with Crippen LogP contribution in [-0.4, -0.2) is 16.7 Å². The number of benzene rings is 1. The molecule has 4 nitrogen and oxygen atoms in total. The van der Waals surface area contributed by atoms with Gasteiger partial charge in [0.15, 0.2) is 5.82 Å². The maximum absolute atomic E-state index is 5.97. The van der Waals surface area contributed by atoms with E-state index in [0.29, 0.717) is 28.2 Å². The lowest BCUT2D eigenvalue weighted by Crippen LogP contribution is -2.17. The lowest BCUT2D eigenvalue weighted by Gasteiger charge is -2.05. The van der Waals surface area contributed by atoms with Gasteiger partial charge in [0, 0.05) is 6.42 Å². The van der Waals surface area contributed by atoms with Crippen molar-refractivity contribution in [3.05, 3.63) is 45.5 Å². The molecular formula is C13H15Cl2N3O. The number of rotatable bonds is 5. The summed E-state index contributed by atoms with van der Waals surface area (Å²) in [5.74, 6) is 1.23.